The van der Waals surface area contributed by atoms with Crippen molar-refractivity contribution in [3.8, 4) is 22.5 Å². The van der Waals surface area contributed by atoms with Gasteiger partial charge in [-0.05, 0) is 95.8 Å². The van der Waals surface area contributed by atoms with Crippen LogP contribution in [0.5, 0.6) is 0 Å². The Bertz CT molecular complexity index is 2290. The smallest absolute Gasteiger partial charge is 0.251 e. The lowest BCUT2D eigenvalue weighted by molar-refractivity contribution is -0.123. The van der Waals surface area contributed by atoms with E-state index < -0.39 is 12.1 Å². The van der Waals surface area contributed by atoms with Gasteiger partial charge in [0.25, 0.3) is 11.8 Å². The SMILES string of the molecule is O=C(NCCCO)c1ccc2[nH]c(-c3ccc(Cl)c4c3C(C(=O)C3NCc5c(Cl)ccc(-c6cc7cc(C(=O)NCCCO)ccc7[nH]6)c53)NC4)cc2c1. The van der Waals surface area contributed by atoms with Crippen molar-refractivity contribution >= 4 is 62.6 Å². The molecule has 0 bridgehead atoms. The molecule has 13 heteroatoms. The molecule has 4 aromatic carbocycles. The molecule has 2 aromatic heterocycles. The van der Waals surface area contributed by atoms with E-state index in [0.29, 0.717) is 60.2 Å². The van der Waals surface area contributed by atoms with Gasteiger partial charge in [-0.25, -0.2) is 0 Å². The minimum atomic E-state index is -0.683. The van der Waals surface area contributed by atoms with Crippen molar-refractivity contribution in [1.29, 1.82) is 0 Å². The molecule has 2 atom stereocenters. The van der Waals surface area contributed by atoms with Crippen LogP contribution in [0.1, 0.15) is 67.9 Å². The summed E-state index contributed by atoms with van der Waals surface area (Å²) in [5.41, 5.74) is 9.26. The number of hydrogen-bond donors (Lipinski definition) is 8. The van der Waals surface area contributed by atoms with Crippen molar-refractivity contribution in [3.63, 3.8) is 0 Å². The van der Waals surface area contributed by atoms with Gasteiger partial charge in [-0.1, -0.05) is 35.3 Å². The van der Waals surface area contributed by atoms with Crippen LogP contribution in [0.4, 0.5) is 0 Å². The van der Waals surface area contributed by atoms with Crippen LogP contribution in [0.3, 0.4) is 0 Å². The summed E-state index contributed by atoms with van der Waals surface area (Å²) < 4.78 is 0. The Labute approximate surface area is 320 Å². The Balaban J connectivity index is 1.12. The molecule has 0 saturated heterocycles. The third kappa shape index (κ3) is 6.57. The highest BCUT2D eigenvalue weighted by atomic mass is 35.5. The monoisotopic (exact) mass is 764 g/mol. The first kappa shape index (κ1) is 36.0. The Morgan fingerprint density at radius 3 is 1.50 bits per heavy atom. The number of halogens is 2. The minimum absolute atomic E-state index is 0.00375. The molecule has 2 amide bonds. The molecule has 8 N–H and O–H groups in total. The number of ketones is 1. The number of aromatic nitrogens is 2. The largest absolute Gasteiger partial charge is 0.396 e. The van der Waals surface area contributed by atoms with Crippen LogP contribution < -0.4 is 21.3 Å². The second-order valence-corrected chi connectivity index (χ2v) is 14.5. The van der Waals surface area contributed by atoms with Crippen molar-refractivity contribution in [3.05, 3.63) is 116 Å². The predicted octanol–water partition coefficient (Wildman–Crippen LogP) is 6.07. The second-order valence-electron chi connectivity index (χ2n) is 13.6. The molecule has 6 aromatic rings. The van der Waals surface area contributed by atoms with Crippen molar-refractivity contribution in [2.75, 3.05) is 26.3 Å². The normalized spacial score (nSPS) is 16.1. The maximum absolute atomic E-state index is 14.8. The maximum Gasteiger partial charge on any atom is 0.251 e. The van der Waals surface area contributed by atoms with Crippen LogP contribution in [0, 0.1) is 0 Å². The Morgan fingerprint density at radius 2 is 1.07 bits per heavy atom. The number of aliphatic hydroxyl groups is 2. The van der Waals surface area contributed by atoms with Crippen LogP contribution in [0.15, 0.2) is 72.8 Å². The van der Waals surface area contributed by atoms with E-state index in [4.69, 9.17) is 33.4 Å². The standard InChI is InChI=1S/C41H38Cl2N6O5/c42-29-7-5-25(33-17-23-15-21(3-9-31(23)48-33)40(53)44-11-1-13-50)35-27(29)19-46-37(35)39(52)38-36-26(6-8-30(43)28(36)20-47-38)34-18-24-16-22(4-10-32(24)49-34)41(54)45-12-2-14-51/h3-10,15-18,37-38,46-51H,1-2,11-14,19-20H2,(H,44,53)(H,45,54). The van der Waals surface area contributed by atoms with Gasteiger partial charge < -0.3 is 30.8 Å². The fraction of sp³-hybridized carbons (Fsp3) is 0.244. The zero-order valence-electron chi connectivity index (χ0n) is 29.1. The molecule has 4 heterocycles. The number of Topliss-reactive ketones (excluding diaryl/α,β-unsaturated/α-hetero) is 1. The highest BCUT2D eigenvalue weighted by molar-refractivity contribution is 6.32. The molecule has 0 saturated carbocycles. The van der Waals surface area contributed by atoms with E-state index in [-0.39, 0.29) is 30.8 Å². The number of rotatable bonds is 12. The number of hydrogen-bond acceptors (Lipinski definition) is 7. The van der Waals surface area contributed by atoms with Crippen LogP contribution in [-0.4, -0.2) is 64.1 Å². The van der Waals surface area contributed by atoms with Crippen LogP contribution >= 0.6 is 23.2 Å². The van der Waals surface area contributed by atoms with E-state index >= 15 is 0 Å². The summed E-state index contributed by atoms with van der Waals surface area (Å²) in [7, 11) is 0. The van der Waals surface area contributed by atoms with Gasteiger partial charge in [0.05, 0.1) is 12.1 Å². The lowest BCUT2D eigenvalue weighted by Gasteiger charge is -2.21. The summed E-state index contributed by atoms with van der Waals surface area (Å²) in [6, 6.07) is 21.0. The maximum atomic E-state index is 14.8. The van der Waals surface area contributed by atoms with Crippen molar-refractivity contribution in [2.45, 2.75) is 38.0 Å². The van der Waals surface area contributed by atoms with Gasteiger partial charge in [-0.3, -0.25) is 25.0 Å². The van der Waals surface area contributed by atoms with E-state index in [9.17, 15) is 14.4 Å². The topological polar surface area (TPSA) is 171 Å². The van der Waals surface area contributed by atoms with Gasteiger partial charge in [-0.15, -0.1) is 0 Å². The number of nitrogens with one attached hydrogen (secondary N) is 6. The number of amides is 2. The predicted molar refractivity (Wildman–Crippen MR) is 210 cm³/mol. The van der Waals surface area contributed by atoms with Gasteiger partial charge >= 0.3 is 0 Å². The lowest BCUT2D eigenvalue weighted by atomic mass is 9.87. The van der Waals surface area contributed by atoms with E-state index in [1.165, 1.54) is 0 Å². The first-order valence-corrected chi connectivity index (χ1v) is 18.7. The van der Waals surface area contributed by atoms with Gasteiger partial charge in [-0.2, -0.15) is 0 Å². The lowest BCUT2D eigenvalue weighted by Crippen LogP contribution is -2.32. The zero-order valence-corrected chi connectivity index (χ0v) is 30.6. The molecule has 0 fully saturated rings. The molecule has 8 rings (SSSR count). The highest BCUT2D eigenvalue weighted by Gasteiger charge is 2.41. The molecule has 54 heavy (non-hydrogen) atoms. The van der Waals surface area contributed by atoms with Crippen LogP contribution in [0.25, 0.3) is 44.3 Å². The molecular formula is C41H38Cl2N6O5. The molecule has 2 unspecified atom stereocenters. The average molecular weight is 766 g/mol. The Kier molecular flexibility index (Phi) is 10.0. The summed E-state index contributed by atoms with van der Waals surface area (Å²) in [6.07, 6.45) is 0.958. The number of fused-ring (bicyclic) bond motifs is 4. The highest BCUT2D eigenvalue weighted by Crippen LogP contribution is 2.45. The summed E-state index contributed by atoms with van der Waals surface area (Å²) in [5, 5.41) is 33.5. The van der Waals surface area contributed by atoms with E-state index in [1.807, 2.05) is 60.7 Å². The first-order chi connectivity index (χ1) is 26.2. The summed E-state index contributed by atoms with van der Waals surface area (Å²) in [5.74, 6) is -0.501. The molecule has 0 radical (unpaired) electrons. The zero-order chi connectivity index (χ0) is 37.5. The average Bonchev–Trinajstić information content (AvgIpc) is 3.99. The molecule has 11 nitrogen and oxygen atoms in total. The number of benzene rings is 4. The fourth-order valence-electron chi connectivity index (χ4n) is 7.63. The number of carbonyl (C=O) groups excluding carboxylic acids is 3. The third-order valence-corrected chi connectivity index (χ3v) is 11.0. The number of carbonyl (C=O) groups is 3. The third-order valence-electron chi connectivity index (χ3n) is 10.3. The Hall–Kier alpha value is -5.01. The van der Waals surface area contributed by atoms with Gasteiger partial charge in [0.2, 0.25) is 0 Å². The first-order valence-electron chi connectivity index (χ1n) is 17.9. The summed E-state index contributed by atoms with van der Waals surface area (Å²) in [4.78, 5) is 47.2. The minimum Gasteiger partial charge on any atom is -0.396 e. The number of aliphatic hydroxyl groups excluding tert-OH is 2. The molecular weight excluding hydrogens is 727 g/mol. The van der Waals surface area contributed by atoms with E-state index in [0.717, 1.165) is 66.6 Å². The Morgan fingerprint density at radius 1 is 0.630 bits per heavy atom. The number of H-pyrrole nitrogens is 2. The van der Waals surface area contributed by atoms with Crippen molar-refractivity contribution in [2.24, 2.45) is 0 Å². The quantitative estimate of drug-likeness (QED) is 0.0699. The summed E-state index contributed by atoms with van der Waals surface area (Å²) in [6.45, 7) is 1.60. The molecule has 2 aliphatic rings. The molecule has 0 aliphatic carbocycles. The van der Waals surface area contributed by atoms with Crippen LogP contribution in [0.2, 0.25) is 10.0 Å². The molecule has 2 aliphatic heterocycles. The molecule has 276 valence electrons. The molecule has 0 spiro atoms. The van der Waals surface area contributed by atoms with Gasteiger partial charge in [0, 0.05) is 105 Å². The van der Waals surface area contributed by atoms with Gasteiger partial charge in [0.1, 0.15) is 0 Å². The number of aromatic amines is 2. The van der Waals surface area contributed by atoms with Crippen molar-refractivity contribution < 1.29 is 24.6 Å². The second kappa shape index (κ2) is 15.0. The van der Waals surface area contributed by atoms with E-state index in [2.05, 4.69) is 31.2 Å². The van der Waals surface area contributed by atoms with E-state index in [1.54, 1.807) is 12.1 Å². The summed E-state index contributed by atoms with van der Waals surface area (Å²) >= 11 is 13.5. The van der Waals surface area contributed by atoms with Crippen LogP contribution in [-0.2, 0) is 17.9 Å². The van der Waals surface area contributed by atoms with Gasteiger partial charge in [0.15, 0.2) is 5.78 Å². The fourth-order valence-corrected chi connectivity index (χ4v) is 8.10. The van der Waals surface area contributed by atoms with Crippen molar-refractivity contribution in [1.82, 2.24) is 31.2 Å².